The predicted octanol–water partition coefficient (Wildman–Crippen LogP) is 2.91. The van der Waals surface area contributed by atoms with Crippen molar-refractivity contribution in [2.24, 2.45) is 5.73 Å². The van der Waals surface area contributed by atoms with Crippen LogP contribution in [0.2, 0.25) is 0 Å². The standard InChI is InChI=1S/C19H24N2O3/c1-3-23-17-11-10-15(12-18(17)24-4-2)19(22)21-13-16(20)14-8-6-5-7-9-14/h5-12,16H,3-4,13,20H2,1-2H3,(H,21,22). The molecule has 0 aliphatic carbocycles. The maximum atomic E-state index is 12.3. The van der Waals surface area contributed by atoms with Gasteiger partial charge in [-0.3, -0.25) is 4.79 Å². The lowest BCUT2D eigenvalue weighted by Crippen LogP contribution is -2.31. The summed E-state index contributed by atoms with van der Waals surface area (Å²) in [6.07, 6.45) is 0. The Morgan fingerprint density at radius 1 is 1.04 bits per heavy atom. The number of hydrogen-bond acceptors (Lipinski definition) is 4. The van der Waals surface area contributed by atoms with Crippen molar-refractivity contribution in [3.8, 4) is 11.5 Å². The Hall–Kier alpha value is -2.53. The molecule has 0 saturated heterocycles. The molecule has 0 aromatic heterocycles. The van der Waals surface area contributed by atoms with Gasteiger partial charge in [-0.2, -0.15) is 0 Å². The van der Waals surface area contributed by atoms with Crippen molar-refractivity contribution in [2.75, 3.05) is 19.8 Å². The van der Waals surface area contributed by atoms with E-state index in [0.717, 1.165) is 5.56 Å². The molecule has 1 amide bonds. The van der Waals surface area contributed by atoms with Crippen LogP contribution in [-0.2, 0) is 0 Å². The number of carbonyl (C=O) groups is 1. The van der Waals surface area contributed by atoms with E-state index in [9.17, 15) is 4.79 Å². The smallest absolute Gasteiger partial charge is 0.251 e. The van der Waals surface area contributed by atoms with Crippen LogP contribution in [0.5, 0.6) is 11.5 Å². The van der Waals surface area contributed by atoms with E-state index < -0.39 is 0 Å². The highest BCUT2D eigenvalue weighted by Crippen LogP contribution is 2.28. The van der Waals surface area contributed by atoms with Gasteiger partial charge >= 0.3 is 0 Å². The van der Waals surface area contributed by atoms with E-state index in [1.54, 1.807) is 18.2 Å². The molecule has 0 bridgehead atoms. The highest BCUT2D eigenvalue weighted by molar-refractivity contribution is 5.94. The summed E-state index contributed by atoms with van der Waals surface area (Å²) in [5.74, 6) is 1.02. The molecular weight excluding hydrogens is 304 g/mol. The van der Waals surface area contributed by atoms with Gasteiger partial charge in [-0.25, -0.2) is 0 Å². The van der Waals surface area contributed by atoms with Crippen LogP contribution in [0, 0.1) is 0 Å². The van der Waals surface area contributed by atoms with Crippen LogP contribution < -0.4 is 20.5 Å². The summed E-state index contributed by atoms with van der Waals surface area (Å²) in [5.41, 5.74) is 7.60. The zero-order valence-corrected chi connectivity index (χ0v) is 14.1. The summed E-state index contributed by atoms with van der Waals surface area (Å²) < 4.78 is 11.0. The normalized spacial score (nSPS) is 11.6. The molecule has 0 aliphatic rings. The van der Waals surface area contributed by atoms with Crippen molar-refractivity contribution >= 4 is 5.91 Å². The van der Waals surface area contributed by atoms with Gasteiger partial charge in [0.1, 0.15) is 0 Å². The van der Waals surface area contributed by atoms with Gasteiger partial charge in [0.05, 0.1) is 13.2 Å². The first kappa shape index (κ1) is 17.8. The first-order valence-corrected chi connectivity index (χ1v) is 8.14. The van der Waals surface area contributed by atoms with Gasteiger partial charge in [-0.1, -0.05) is 30.3 Å². The quantitative estimate of drug-likeness (QED) is 0.781. The number of rotatable bonds is 8. The third-order valence-electron chi connectivity index (χ3n) is 3.52. The molecule has 0 fully saturated rings. The van der Waals surface area contributed by atoms with Crippen molar-refractivity contribution < 1.29 is 14.3 Å². The molecule has 2 aromatic carbocycles. The van der Waals surface area contributed by atoms with Gasteiger partial charge in [0.15, 0.2) is 11.5 Å². The maximum Gasteiger partial charge on any atom is 0.251 e. The van der Waals surface area contributed by atoms with Crippen LogP contribution in [0.4, 0.5) is 0 Å². The van der Waals surface area contributed by atoms with Crippen LogP contribution in [0.3, 0.4) is 0 Å². The van der Waals surface area contributed by atoms with Gasteiger partial charge in [0.2, 0.25) is 0 Å². The summed E-state index contributed by atoms with van der Waals surface area (Å²) >= 11 is 0. The van der Waals surface area contributed by atoms with Gasteiger partial charge in [0.25, 0.3) is 5.91 Å². The highest BCUT2D eigenvalue weighted by Gasteiger charge is 2.13. The molecule has 1 atom stereocenters. The van der Waals surface area contributed by atoms with Crippen molar-refractivity contribution in [3.63, 3.8) is 0 Å². The molecule has 128 valence electrons. The SMILES string of the molecule is CCOc1ccc(C(=O)NCC(N)c2ccccc2)cc1OCC. The second-order valence-electron chi connectivity index (χ2n) is 5.25. The minimum atomic E-state index is -0.246. The topological polar surface area (TPSA) is 73.6 Å². The Morgan fingerprint density at radius 3 is 2.38 bits per heavy atom. The third-order valence-corrected chi connectivity index (χ3v) is 3.52. The number of nitrogens with one attached hydrogen (secondary N) is 1. The molecule has 1 unspecified atom stereocenters. The largest absolute Gasteiger partial charge is 0.490 e. The van der Waals surface area contributed by atoms with Crippen LogP contribution in [0.1, 0.15) is 35.8 Å². The van der Waals surface area contributed by atoms with Crippen LogP contribution in [-0.4, -0.2) is 25.7 Å². The fraction of sp³-hybridized carbons (Fsp3) is 0.316. The summed E-state index contributed by atoms with van der Waals surface area (Å²) in [7, 11) is 0. The summed E-state index contributed by atoms with van der Waals surface area (Å²) in [6.45, 7) is 5.20. The first-order chi connectivity index (χ1) is 11.7. The van der Waals surface area contributed by atoms with Gasteiger partial charge < -0.3 is 20.5 Å². The Morgan fingerprint density at radius 2 is 1.71 bits per heavy atom. The lowest BCUT2D eigenvalue weighted by Gasteiger charge is -2.15. The highest BCUT2D eigenvalue weighted by atomic mass is 16.5. The molecule has 24 heavy (non-hydrogen) atoms. The number of carbonyl (C=O) groups excluding carboxylic acids is 1. The molecule has 2 rings (SSSR count). The minimum absolute atomic E-state index is 0.189. The Kier molecular flexibility index (Phi) is 6.63. The first-order valence-electron chi connectivity index (χ1n) is 8.14. The summed E-state index contributed by atoms with van der Waals surface area (Å²) in [5, 5.41) is 2.86. The molecule has 0 radical (unpaired) electrons. The van der Waals surface area contributed by atoms with Crippen LogP contribution in [0.25, 0.3) is 0 Å². The van der Waals surface area contributed by atoms with Crippen molar-refractivity contribution in [2.45, 2.75) is 19.9 Å². The van der Waals surface area contributed by atoms with E-state index in [2.05, 4.69) is 5.32 Å². The van der Waals surface area contributed by atoms with Crippen molar-refractivity contribution in [3.05, 3.63) is 59.7 Å². The van der Waals surface area contributed by atoms with Crippen molar-refractivity contribution in [1.29, 1.82) is 0 Å². The maximum absolute atomic E-state index is 12.3. The number of benzene rings is 2. The molecule has 0 spiro atoms. The molecule has 3 N–H and O–H groups in total. The van der Waals surface area contributed by atoms with Gasteiger partial charge in [0, 0.05) is 18.2 Å². The van der Waals surface area contributed by atoms with E-state index in [0.29, 0.717) is 36.8 Å². The van der Waals surface area contributed by atoms with E-state index in [1.807, 2.05) is 44.2 Å². The Balaban J connectivity index is 2.02. The zero-order valence-electron chi connectivity index (χ0n) is 14.1. The third kappa shape index (κ3) is 4.73. The van der Waals surface area contributed by atoms with E-state index >= 15 is 0 Å². The van der Waals surface area contributed by atoms with E-state index in [4.69, 9.17) is 15.2 Å². The molecule has 2 aromatic rings. The molecule has 5 nitrogen and oxygen atoms in total. The number of nitrogens with two attached hydrogens (primary N) is 1. The average Bonchev–Trinajstić information content (AvgIpc) is 2.62. The number of ether oxygens (including phenoxy) is 2. The van der Waals surface area contributed by atoms with Gasteiger partial charge in [-0.15, -0.1) is 0 Å². The lowest BCUT2D eigenvalue weighted by molar-refractivity contribution is 0.0950. The van der Waals surface area contributed by atoms with E-state index in [1.165, 1.54) is 0 Å². The molecule has 0 saturated carbocycles. The molecule has 0 aliphatic heterocycles. The van der Waals surface area contributed by atoms with Crippen LogP contribution in [0.15, 0.2) is 48.5 Å². The second-order valence-corrected chi connectivity index (χ2v) is 5.25. The second kappa shape index (κ2) is 8.93. The minimum Gasteiger partial charge on any atom is -0.490 e. The fourth-order valence-electron chi connectivity index (χ4n) is 2.32. The number of hydrogen-bond donors (Lipinski definition) is 2. The Bertz CT molecular complexity index is 659. The van der Waals surface area contributed by atoms with Crippen molar-refractivity contribution in [1.82, 2.24) is 5.32 Å². The predicted molar refractivity (Wildman–Crippen MR) is 94.5 cm³/mol. The summed E-state index contributed by atoms with van der Waals surface area (Å²) in [4.78, 5) is 12.3. The Labute approximate surface area is 142 Å². The number of amides is 1. The molecular formula is C19H24N2O3. The van der Waals surface area contributed by atoms with Crippen LogP contribution >= 0.6 is 0 Å². The summed E-state index contributed by atoms with van der Waals surface area (Å²) in [6, 6.07) is 14.6. The lowest BCUT2D eigenvalue weighted by atomic mass is 10.1. The molecule has 5 heteroatoms. The molecule has 0 heterocycles. The average molecular weight is 328 g/mol. The zero-order chi connectivity index (χ0) is 17.4. The fourth-order valence-corrected chi connectivity index (χ4v) is 2.32. The van der Waals surface area contributed by atoms with E-state index in [-0.39, 0.29) is 11.9 Å². The van der Waals surface area contributed by atoms with Gasteiger partial charge in [-0.05, 0) is 37.6 Å². The monoisotopic (exact) mass is 328 g/mol.